The number of anilines is 1. The Morgan fingerprint density at radius 2 is 1.77 bits per heavy atom. The Hall–Kier alpha value is -2.19. The zero-order valence-electron chi connectivity index (χ0n) is 18.0. The molecule has 0 spiro atoms. The van der Waals surface area contributed by atoms with Crippen LogP contribution < -0.4 is 15.4 Å². The van der Waals surface area contributed by atoms with Crippen LogP contribution in [0.15, 0.2) is 42.5 Å². The van der Waals surface area contributed by atoms with Crippen LogP contribution in [0.2, 0.25) is 0 Å². The van der Waals surface area contributed by atoms with E-state index in [1.807, 2.05) is 0 Å². The summed E-state index contributed by atoms with van der Waals surface area (Å²) in [5.41, 5.74) is 3.10. The minimum absolute atomic E-state index is 0.0668. The molecule has 0 fully saturated rings. The number of rotatable bonds is 7. The summed E-state index contributed by atoms with van der Waals surface area (Å²) in [6.07, 6.45) is 1.84. The zero-order valence-corrected chi connectivity index (χ0v) is 19.7. The largest absolute Gasteiger partial charge is 0.359 e. The van der Waals surface area contributed by atoms with Gasteiger partial charge in [-0.05, 0) is 52.9 Å². The zero-order chi connectivity index (χ0) is 22.5. The predicted octanol–water partition coefficient (Wildman–Crippen LogP) is 4.61. The molecular weight excluding hydrogens is 421 g/mol. The number of benzene rings is 2. The molecule has 0 heterocycles. The van der Waals surface area contributed by atoms with Crippen molar-refractivity contribution in [3.63, 3.8) is 0 Å². The van der Waals surface area contributed by atoms with E-state index in [2.05, 4.69) is 67.3 Å². The Balaban J connectivity index is 1.96. The third-order valence-corrected chi connectivity index (χ3v) is 5.53. The van der Waals surface area contributed by atoms with Crippen LogP contribution in [0.1, 0.15) is 56.8 Å². The maximum absolute atomic E-state index is 14.1. The lowest BCUT2D eigenvalue weighted by Crippen LogP contribution is -2.37. The summed E-state index contributed by atoms with van der Waals surface area (Å²) in [6, 6.07) is 12.9. The van der Waals surface area contributed by atoms with Crippen molar-refractivity contribution in [2.24, 2.45) is 0 Å². The van der Waals surface area contributed by atoms with E-state index in [4.69, 9.17) is 12.2 Å². The van der Waals surface area contributed by atoms with Crippen molar-refractivity contribution >= 4 is 33.0 Å². The van der Waals surface area contributed by atoms with Crippen molar-refractivity contribution < 1.29 is 12.8 Å². The van der Waals surface area contributed by atoms with Gasteiger partial charge in [-0.2, -0.15) is 0 Å². The molecule has 0 aliphatic heterocycles. The second-order valence-corrected chi connectivity index (χ2v) is 10.5. The number of hydrogen-bond acceptors (Lipinski definition) is 3. The van der Waals surface area contributed by atoms with E-state index < -0.39 is 15.8 Å². The van der Waals surface area contributed by atoms with Gasteiger partial charge in [-0.25, -0.2) is 12.8 Å². The summed E-state index contributed by atoms with van der Waals surface area (Å²) in [7, 11) is -3.53. The summed E-state index contributed by atoms with van der Waals surface area (Å²) in [4.78, 5) is 0. The monoisotopic (exact) mass is 451 g/mol. The molecule has 0 aromatic heterocycles. The summed E-state index contributed by atoms with van der Waals surface area (Å²) in [5, 5.41) is 6.86. The molecule has 2 aromatic rings. The third-order valence-electron chi connectivity index (χ3n) is 4.67. The Kier molecular flexibility index (Phi) is 7.82. The van der Waals surface area contributed by atoms with E-state index in [0.29, 0.717) is 17.2 Å². The van der Waals surface area contributed by atoms with Gasteiger partial charge in [-0.15, -0.1) is 0 Å². The highest BCUT2D eigenvalue weighted by Crippen LogP contribution is 2.25. The molecule has 0 amide bonds. The maximum Gasteiger partial charge on any atom is 0.229 e. The highest BCUT2D eigenvalue weighted by Gasteiger charge is 2.16. The summed E-state index contributed by atoms with van der Waals surface area (Å²) >= 11 is 5.40. The van der Waals surface area contributed by atoms with Crippen LogP contribution in [0, 0.1) is 5.82 Å². The maximum atomic E-state index is 14.1. The smallest absolute Gasteiger partial charge is 0.229 e. The Labute approximate surface area is 184 Å². The van der Waals surface area contributed by atoms with Gasteiger partial charge in [0.2, 0.25) is 10.0 Å². The first-order valence-electron chi connectivity index (χ1n) is 9.80. The Morgan fingerprint density at radius 1 is 1.13 bits per heavy atom. The van der Waals surface area contributed by atoms with Crippen LogP contribution in [0.5, 0.6) is 0 Å². The quantitative estimate of drug-likeness (QED) is 0.536. The fourth-order valence-electron chi connectivity index (χ4n) is 2.98. The summed E-state index contributed by atoms with van der Waals surface area (Å²) in [5.74, 6) is -0.635. The first kappa shape index (κ1) is 24.1. The highest BCUT2D eigenvalue weighted by molar-refractivity contribution is 7.92. The molecular formula is C22H30FN3O2S2. The van der Waals surface area contributed by atoms with Crippen LogP contribution in [-0.2, 0) is 22.0 Å². The number of thiocarbonyl (C=S) groups is 1. The number of hydrogen-bond donors (Lipinski definition) is 3. The molecule has 2 aromatic carbocycles. The molecule has 2 rings (SSSR count). The van der Waals surface area contributed by atoms with Crippen LogP contribution in [0.25, 0.3) is 0 Å². The molecule has 3 N–H and O–H groups in total. The van der Waals surface area contributed by atoms with Crippen molar-refractivity contribution in [1.82, 2.24) is 10.6 Å². The van der Waals surface area contributed by atoms with Crippen LogP contribution in [-0.4, -0.2) is 19.8 Å². The molecule has 8 heteroatoms. The Morgan fingerprint density at radius 3 is 2.27 bits per heavy atom. The second kappa shape index (κ2) is 9.75. The minimum atomic E-state index is -3.53. The van der Waals surface area contributed by atoms with Gasteiger partial charge in [0.1, 0.15) is 5.82 Å². The average Bonchev–Trinajstić information content (AvgIpc) is 2.65. The summed E-state index contributed by atoms with van der Waals surface area (Å²) in [6.45, 7) is 8.96. The highest BCUT2D eigenvalue weighted by atomic mass is 32.2. The topological polar surface area (TPSA) is 70.2 Å². The lowest BCUT2D eigenvalue weighted by Gasteiger charge is -2.23. The lowest BCUT2D eigenvalue weighted by atomic mass is 9.86. The van der Waals surface area contributed by atoms with Crippen molar-refractivity contribution in [3.05, 3.63) is 65.0 Å². The number of nitrogens with one attached hydrogen (secondary N) is 3. The van der Waals surface area contributed by atoms with Gasteiger partial charge < -0.3 is 10.6 Å². The van der Waals surface area contributed by atoms with Crippen molar-refractivity contribution in [1.29, 1.82) is 0 Å². The van der Waals surface area contributed by atoms with Gasteiger partial charge in [0.05, 0.1) is 18.0 Å². The van der Waals surface area contributed by atoms with Crippen molar-refractivity contribution in [3.8, 4) is 0 Å². The van der Waals surface area contributed by atoms with E-state index in [9.17, 15) is 12.8 Å². The van der Waals surface area contributed by atoms with E-state index in [1.54, 1.807) is 6.07 Å². The molecule has 0 aliphatic rings. The van der Waals surface area contributed by atoms with Gasteiger partial charge in [-0.1, -0.05) is 58.0 Å². The molecule has 5 nitrogen and oxygen atoms in total. The molecule has 0 aliphatic carbocycles. The molecule has 164 valence electrons. The fourth-order valence-corrected chi connectivity index (χ4v) is 3.76. The van der Waals surface area contributed by atoms with Crippen LogP contribution in [0.4, 0.5) is 10.1 Å². The van der Waals surface area contributed by atoms with Gasteiger partial charge in [0, 0.05) is 6.54 Å². The molecule has 0 saturated heterocycles. The Bertz CT molecular complexity index is 984. The summed E-state index contributed by atoms with van der Waals surface area (Å²) < 4.78 is 38.8. The SMILES string of the molecule is CC[C@@H](NC(=S)NCc1ccc(NS(C)(=O)=O)c(F)c1)c1ccc(C(C)(C)C)cc1. The van der Waals surface area contributed by atoms with Crippen LogP contribution in [0.3, 0.4) is 0 Å². The fraction of sp³-hybridized carbons (Fsp3) is 0.409. The molecule has 0 bridgehead atoms. The van der Waals surface area contributed by atoms with Gasteiger partial charge >= 0.3 is 0 Å². The van der Waals surface area contributed by atoms with E-state index in [1.165, 1.54) is 17.7 Å². The normalized spacial score (nSPS) is 12.9. The number of sulfonamides is 1. The van der Waals surface area contributed by atoms with Crippen LogP contribution >= 0.6 is 12.2 Å². The second-order valence-electron chi connectivity index (χ2n) is 8.35. The van der Waals surface area contributed by atoms with Gasteiger partial charge in [0.15, 0.2) is 5.11 Å². The number of halogens is 1. The lowest BCUT2D eigenvalue weighted by molar-refractivity contribution is 0.586. The first-order chi connectivity index (χ1) is 13.9. The van der Waals surface area contributed by atoms with Gasteiger partial charge in [0.25, 0.3) is 0 Å². The minimum Gasteiger partial charge on any atom is -0.359 e. The molecule has 0 unspecified atom stereocenters. The molecule has 30 heavy (non-hydrogen) atoms. The predicted molar refractivity (Wildman–Crippen MR) is 126 cm³/mol. The molecule has 1 atom stereocenters. The van der Waals surface area contributed by atoms with Crippen molar-refractivity contribution in [2.75, 3.05) is 11.0 Å². The average molecular weight is 452 g/mol. The van der Waals surface area contributed by atoms with E-state index in [-0.39, 0.29) is 17.1 Å². The first-order valence-corrected chi connectivity index (χ1v) is 12.1. The van der Waals surface area contributed by atoms with Gasteiger partial charge in [-0.3, -0.25) is 4.72 Å². The standard InChI is InChI=1S/C22H30FN3O2S2/c1-6-19(16-8-10-17(11-9-16)22(2,3)4)25-21(29)24-14-15-7-12-20(18(23)13-15)26-30(5,27)28/h7-13,19,26H,6,14H2,1-5H3,(H2,24,25,29)/t19-/m1/s1. The molecule has 0 radical (unpaired) electrons. The van der Waals surface area contributed by atoms with E-state index in [0.717, 1.165) is 18.2 Å². The molecule has 0 saturated carbocycles. The third kappa shape index (κ3) is 7.25. The van der Waals surface area contributed by atoms with E-state index >= 15 is 0 Å². The van der Waals surface area contributed by atoms with Crippen molar-refractivity contribution in [2.45, 2.75) is 52.1 Å².